The molecule has 3 rings (SSSR count). The van der Waals surface area contributed by atoms with E-state index in [0.29, 0.717) is 16.4 Å². The lowest BCUT2D eigenvalue weighted by Crippen LogP contribution is -2.36. The Morgan fingerprint density at radius 2 is 1.66 bits per heavy atom. The summed E-state index contributed by atoms with van der Waals surface area (Å²) in [6.07, 6.45) is 1.84. The average Bonchev–Trinajstić information content (AvgIpc) is 2.79. The fourth-order valence-electron chi connectivity index (χ4n) is 2.75. The van der Waals surface area contributed by atoms with Crippen LogP contribution in [0.25, 0.3) is 6.08 Å². The van der Waals surface area contributed by atoms with Gasteiger partial charge < -0.3 is 10.2 Å². The molecule has 0 saturated heterocycles. The molecule has 0 fully saturated rings. The number of hydrogen-bond acceptors (Lipinski definition) is 5. The molecule has 1 amide bonds. The fourth-order valence-corrected chi connectivity index (χ4v) is 3.98. The maximum Gasteiger partial charge on any atom is 0.269 e. The van der Waals surface area contributed by atoms with Gasteiger partial charge in [0.15, 0.2) is 0 Å². The third-order valence-corrected chi connectivity index (χ3v) is 6.01. The van der Waals surface area contributed by atoms with Crippen molar-refractivity contribution in [1.82, 2.24) is 10.9 Å². The highest BCUT2D eigenvalue weighted by Gasteiger charge is 2.16. The zero-order chi connectivity index (χ0) is 23.1. The number of hydrazine groups is 1. The SMILES string of the molecule is COc1ccc(/C=C(/C)NNC(=O)c2cccc(S(=O)(=O)Nc3ccc(Cl)cc3)c2)cc1. The number of hydrogen-bond donors (Lipinski definition) is 3. The summed E-state index contributed by atoms with van der Waals surface area (Å²) in [5.41, 5.74) is 7.55. The zero-order valence-electron chi connectivity index (χ0n) is 17.4. The van der Waals surface area contributed by atoms with Crippen molar-refractivity contribution in [3.63, 3.8) is 0 Å². The molecule has 0 radical (unpaired) electrons. The largest absolute Gasteiger partial charge is 0.497 e. The second kappa shape index (κ2) is 10.2. The number of methoxy groups -OCH3 is 1. The first-order valence-electron chi connectivity index (χ1n) is 9.54. The highest BCUT2D eigenvalue weighted by Crippen LogP contribution is 2.19. The first kappa shape index (κ1) is 23.2. The van der Waals surface area contributed by atoms with Gasteiger partial charge in [0.1, 0.15) is 5.75 Å². The molecule has 0 spiro atoms. The lowest BCUT2D eigenvalue weighted by atomic mass is 10.2. The normalized spacial score (nSPS) is 11.5. The Morgan fingerprint density at radius 3 is 2.31 bits per heavy atom. The Bertz CT molecular complexity index is 1220. The first-order chi connectivity index (χ1) is 15.3. The minimum Gasteiger partial charge on any atom is -0.497 e. The summed E-state index contributed by atoms with van der Waals surface area (Å²) in [5, 5.41) is 0.496. The third-order valence-electron chi connectivity index (χ3n) is 4.38. The molecule has 0 heterocycles. The van der Waals surface area contributed by atoms with Gasteiger partial charge in [0.25, 0.3) is 15.9 Å². The number of benzene rings is 3. The molecule has 32 heavy (non-hydrogen) atoms. The number of nitrogens with one attached hydrogen (secondary N) is 3. The molecule has 3 N–H and O–H groups in total. The van der Waals surface area contributed by atoms with Crippen LogP contribution in [0.5, 0.6) is 5.75 Å². The van der Waals surface area contributed by atoms with Crippen LogP contribution in [0.15, 0.2) is 83.4 Å². The molecular weight excluding hydrogens is 450 g/mol. The van der Waals surface area contributed by atoms with Crippen LogP contribution in [0.2, 0.25) is 5.02 Å². The number of anilines is 1. The molecule has 0 atom stereocenters. The van der Waals surface area contributed by atoms with Crippen LogP contribution in [0.3, 0.4) is 0 Å². The molecular formula is C23H22ClN3O4S. The molecule has 0 aliphatic carbocycles. The van der Waals surface area contributed by atoms with Crippen LogP contribution in [0.4, 0.5) is 5.69 Å². The number of amides is 1. The number of allylic oxidation sites excluding steroid dienone is 1. The Labute approximate surface area is 192 Å². The van der Waals surface area contributed by atoms with Gasteiger partial charge in [0.2, 0.25) is 0 Å². The number of sulfonamides is 1. The second-order valence-corrected chi connectivity index (χ2v) is 8.94. The Kier molecular flexibility index (Phi) is 7.40. The van der Waals surface area contributed by atoms with Crippen molar-refractivity contribution < 1.29 is 17.9 Å². The molecule has 166 valence electrons. The minimum atomic E-state index is -3.88. The second-order valence-electron chi connectivity index (χ2n) is 6.82. The molecule has 9 heteroatoms. The van der Waals surface area contributed by atoms with Gasteiger partial charge in [-0.1, -0.05) is 29.8 Å². The van der Waals surface area contributed by atoms with Gasteiger partial charge in [-0.05, 0) is 73.2 Å². The van der Waals surface area contributed by atoms with Crippen molar-refractivity contribution in [3.05, 3.63) is 94.6 Å². The van der Waals surface area contributed by atoms with Crippen molar-refractivity contribution in [3.8, 4) is 5.75 Å². The van der Waals surface area contributed by atoms with Crippen molar-refractivity contribution in [2.24, 2.45) is 0 Å². The van der Waals surface area contributed by atoms with E-state index in [9.17, 15) is 13.2 Å². The Morgan fingerprint density at radius 1 is 0.969 bits per heavy atom. The van der Waals surface area contributed by atoms with Gasteiger partial charge in [0, 0.05) is 22.0 Å². The number of halogens is 1. The minimum absolute atomic E-state index is 0.0365. The van der Waals surface area contributed by atoms with Crippen molar-refractivity contribution in [2.75, 3.05) is 11.8 Å². The topological polar surface area (TPSA) is 96.5 Å². The highest BCUT2D eigenvalue weighted by atomic mass is 35.5. The lowest BCUT2D eigenvalue weighted by molar-refractivity contribution is 0.0939. The van der Waals surface area contributed by atoms with E-state index in [1.165, 1.54) is 24.3 Å². The maximum absolute atomic E-state index is 12.7. The molecule has 0 aliphatic heterocycles. The van der Waals surface area contributed by atoms with Gasteiger partial charge in [-0.25, -0.2) is 8.42 Å². The number of rotatable bonds is 8. The molecule has 3 aromatic rings. The first-order valence-corrected chi connectivity index (χ1v) is 11.4. The third kappa shape index (κ3) is 6.26. The summed E-state index contributed by atoms with van der Waals surface area (Å²) < 4.78 is 32.9. The molecule has 0 bridgehead atoms. The van der Waals surface area contributed by atoms with E-state index >= 15 is 0 Å². The van der Waals surface area contributed by atoms with Crippen LogP contribution in [-0.4, -0.2) is 21.4 Å². The quantitative estimate of drug-likeness (QED) is 0.422. The van der Waals surface area contributed by atoms with Crippen LogP contribution in [0.1, 0.15) is 22.8 Å². The zero-order valence-corrected chi connectivity index (χ0v) is 19.0. The molecule has 7 nitrogen and oxygen atoms in total. The monoisotopic (exact) mass is 471 g/mol. The summed E-state index contributed by atoms with van der Waals surface area (Å²) in [6.45, 7) is 1.79. The van der Waals surface area contributed by atoms with E-state index < -0.39 is 15.9 Å². The van der Waals surface area contributed by atoms with Gasteiger partial charge in [-0.15, -0.1) is 0 Å². The summed E-state index contributed by atoms with van der Waals surface area (Å²) in [7, 11) is -2.28. The van der Waals surface area contributed by atoms with Crippen LogP contribution in [0, 0.1) is 0 Å². The van der Waals surface area contributed by atoms with Crippen LogP contribution >= 0.6 is 11.6 Å². The number of ether oxygens (including phenoxy) is 1. The van der Waals surface area contributed by atoms with Gasteiger partial charge in [-0.2, -0.15) is 0 Å². The van der Waals surface area contributed by atoms with Crippen molar-refractivity contribution in [1.29, 1.82) is 0 Å². The number of carbonyl (C=O) groups is 1. The van der Waals surface area contributed by atoms with Crippen LogP contribution in [-0.2, 0) is 10.0 Å². The van der Waals surface area contributed by atoms with Crippen LogP contribution < -0.4 is 20.3 Å². The van der Waals surface area contributed by atoms with E-state index in [1.54, 1.807) is 38.3 Å². The summed E-state index contributed by atoms with van der Waals surface area (Å²) in [4.78, 5) is 12.5. The Balaban J connectivity index is 1.66. The smallest absolute Gasteiger partial charge is 0.269 e. The predicted molar refractivity (Wildman–Crippen MR) is 126 cm³/mol. The van der Waals surface area contributed by atoms with Crippen molar-refractivity contribution in [2.45, 2.75) is 11.8 Å². The molecule has 0 aromatic heterocycles. The van der Waals surface area contributed by atoms with Gasteiger partial charge in [-0.3, -0.25) is 14.9 Å². The van der Waals surface area contributed by atoms with Crippen molar-refractivity contribution >= 4 is 39.3 Å². The standard InChI is InChI=1S/C23H22ClN3O4S/c1-16(14-17-6-12-21(31-2)13-7-17)25-26-23(28)18-4-3-5-22(15-18)32(29,30)27-20-10-8-19(24)9-11-20/h3-15,25,27H,1-2H3,(H,26,28)/b16-14-. The van der Waals surface area contributed by atoms with Gasteiger partial charge in [0.05, 0.1) is 12.0 Å². The molecule has 0 aliphatic rings. The van der Waals surface area contributed by atoms with E-state index in [2.05, 4.69) is 15.6 Å². The molecule has 0 unspecified atom stereocenters. The summed E-state index contributed by atoms with van der Waals surface area (Å²) >= 11 is 5.83. The van der Waals surface area contributed by atoms with E-state index in [1.807, 2.05) is 30.3 Å². The lowest BCUT2D eigenvalue weighted by Gasteiger charge is -2.11. The maximum atomic E-state index is 12.7. The summed E-state index contributed by atoms with van der Waals surface area (Å²) in [5.74, 6) is 0.275. The van der Waals surface area contributed by atoms with E-state index in [0.717, 1.165) is 11.3 Å². The van der Waals surface area contributed by atoms with E-state index in [-0.39, 0.29) is 10.5 Å². The fraction of sp³-hybridized carbons (Fsp3) is 0.0870. The Hall–Kier alpha value is -3.49. The predicted octanol–water partition coefficient (Wildman–Crippen LogP) is 4.44. The van der Waals surface area contributed by atoms with Gasteiger partial charge >= 0.3 is 0 Å². The average molecular weight is 472 g/mol. The molecule has 3 aromatic carbocycles. The summed E-state index contributed by atoms with van der Waals surface area (Å²) in [6, 6.07) is 19.5. The van der Waals surface area contributed by atoms with E-state index in [4.69, 9.17) is 16.3 Å². The number of carbonyl (C=O) groups excluding carboxylic acids is 1. The highest BCUT2D eigenvalue weighted by molar-refractivity contribution is 7.92. The molecule has 0 saturated carbocycles.